The quantitative estimate of drug-likeness (QED) is 0.577. The maximum atomic E-state index is 12.1. The molecule has 2 saturated carbocycles. The summed E-state index contributed by atoms with van der Waals surface area (Å²) in [6.45, 7) is 9.25. The lowest BCUT2D eigenvalue weighted by Gasteiger charge is -2.56. The number of carbonyl (C=O) groups is 2. The molecule has 3 aliphatic rings. The zero-order chi connectivity index (χ0) is 19.4. The fourth-order valence-electron chi connectivity index (χ4n) is 4.75. The number of allylic oxidation sites excluding steroid dienone is 1. The van der Waals surface area contributed by atoms with Crippen LogP contribution in [0.3, 0.4) is 0 Å². The Morgan fingerprint density at radius 2 is 2.04 bits per heavy atom. The maximum Gasteiger partial charge on any atom is 0.336 e. The van der Waals surface area contributed by atoms with E-state index in [1.54, 1.807) is 26.8 Å². The molecule has 0 spiro atoms. The minimum Gasteiger partial charge on any atom is -0.459 e. The van der Waals surface area contributed by atoms with Crippen molar-refractivity contribution in [2.24, 2.45) is 17.3 Å². The molecule has 0 amide bonds. The van der Waals surface area contributed by atoms with Gasteiger partial charge in [-0.2, -0.15) is 0 Å². The van der Waals surface area contributed by atoms with Gasteiger partial charge in [0.05, 0.1) is 0 Å². The van der Waals surface area contributed by atoms with Gasteiger partial charge in [-0.1, -0.05) is 19.9 Å². The Bertz CT molecular complexity index is 707. The maximum absolute atomic E-state index is 12.1. The van der Waals surface area contributed by atoms with Crippen molar-refractivity contribution in [2.45, 2.75) is 71.9 Å². The molecule has 0 bridgehead atoms. The average molecular weight is 364 g/mol. The fourth-order valence-corrected chi connectivity index (χ4v) is 4.75. The zero-order valence-electron chi connectivity index (χ0n) is 16.0. The number of hydrogen-bond acceptors (Lipinski definition) is 6. The summed E-state index contributed by atoms with van der Waals surface area (Å²) >= 11 is 0. The third-order valence-corrected chi connectivity index (χ3v) is 6.91. The van der Waals surface area contributed by atoms with Crippen LogP contribution in [0.1, 0.15) is 53.9 Å². The second kappa shape index (κ2) is 6.20. The van der Waals surface area contributed by atoms with Crippen molar-refractivity contribution in [3.05, 3.63) is 22.8 Å². The Hall–Kier alpha value is -1.66. The summed E-state index contributed by atoms with van der Waals surface area (Å²) in [5.74, 6) is -3.11. The van der Waals surface area contributed by atoms with Crippen LogP contribution in [-0.2, 0) is 19.1 Å². The van der Waals surface area contributed by atoms with Crippen LogP contribution in [0, 0.1) is 17.3 Å². The molecule has 2 N–H and O–H groups in total. The third kappa shape index (κ3) is 2.62. The van der Waals surface area contributed by atoms with E-state index in [9.17, 15) is 19.8 Å². The molecule has 0 aromatic heterocycles. The van der Waals surface area contributed by atoms with Crippen LogP contribution >= 0.6 is 0 Å². The number of ether oxygens (including phenoxy) is 2. The van der Waals surface area contributed by atoms with Crippen LogP contribution in [0.5, 0.6) is 0 Å². The van der Waals surface area contributed by atoms with Crippen LogP contribution in [0.2, 0.25) is 0 Å². The van der Waals surface area contributed by atoms with Crippen LogP contribution in [0.15, 0.2) is 22.8 Å². The monoisotopic (exact) mass is 364 g/mol. The number of carbonyl (C=O) groups excluding carboxylic acids is 2. The van der Waals surface area contributed by atoms with Gasteiger partial charge in [0.15, 0.2) is 0 Å². The summed E-state index contributed by atoms with van der Waals surface area (Å²) in [5, 5.41) is 21.8. The van der Waals surface area contributed by atoms with Crippen LogP contribution < -0.4 is 0 Å². The standard InChI is InChI=1S/C20H28O6/c1-6-10(2)17(22)25-13-7-11(3)19(5)9-15-12(4)18(23)26-20(15,24)16(21)14(19)8-13/h6,11,13-14,16,21,24H,7-9H2,1-5H3/b10-6-/t11-,13+,14+,16+,19+,20+/m0/s1. The Morgan fingerprint density at radius 3 is 2.65 bits per heavy atom. The predicted molar refractivity (Wildman–Crippen MR) is 93.7 cm³/mol. The van der Waals surface area contributed by atoms with Gasteiger partial charge in [-0.3, -0.25) is 0 Å². The highest BCUT2D eigenvalue weighted by atomic mass is 16.7. The first-order chi connectivity index (χ1) is 12.0. The van der Waals surface area contributed by atoms with Gasteiger partial charge in [0, 0.05) is 22.6 Å². The van der Waals surface area contributed by atoms with Crippen molar-refractivity contribution in [1.82, 2.24) is 0 Å². The lowest BCUT2D eigenvalue weighted by atomic mass is 9.52. The molecule has 26 heavy (non-hydrogen) atoms. The van der Waals surface area contributed by atoms with Gasteiger partial charge in [0.25, 0.3) is 5.79 Å². The third-order valence-electron chi connectivity index (χ3n) is 6.91. The molecule has 2 aliphatic carbocycles. The highest BCUT2D eigenvalue weighted by Crippen LogP contribution is 2.59. The van der Waals surface area contributed by atoms with Crippen molar-refractivity contribution >= 4 is 11.9 Å². The van der Waals surface area contributed by atoms with Gasteiger partial charge in [-0.25, -0.2) is 9.59 Å². The fraction of sp³-hybridized carbons (Fsp3) is 0.700. The minimum atomic E-state index is -1.96. The number of aliphatic hydroxyl groups is 2. The molecule has 0 unspecified atom stereocenters. The molecular weight excluding hydrogens is 336 g/mol. The van der Waals surface area contributed by atoms with E-state index in [1.807, 2.05) is 0 Å². The molecule has 144 valence electrons. The molecule has 0 saturated heterocycles. The molecule has 6 nitrogen and oxygen atoms in total. The highest BCUT2D eigenvalue weighted by Gasteiger charge is 2.64. The van der Waals surface area contributed by atoms with Crippen molar-refractivity contribution in [1.29, 1.82) is 0 Å². The Kier molecular flexibility index (Phi) is 4.56. The summed E-state index contributed by atoms with van der Waals surface area (Å²) in [7, 11) is 0. The SMILES string of the molecule is C/C=C(/C)C(=O)O[C@H]1C[C@@H]2[C@@H](O)[C@]3(O)OC(=O)C(C)=C3C[C@]2(C)[C@@H](C)C1. The first kappa shape index (κ1) is 19.1. The highest BCUT2D eigenvalue weighted by molar-refractivity contribution is 5.92. The van der Waals surface area contributed by atoms with E-state index in [4.69, 9.17) is 9.47 Å². The number of esters is 2. The van der Waals surface area contributed by atoms with E-state index in [1.165, 1.54) is 0 Å². The first-order valence-corrected chi connectivity index (χ1v) is 9.22. The number of hydrogen-bond donors (Lipinski definition) is 2. The van der Waals surface area contributed by atoms with Crippen LogP contribution in [0.25, 0.3) is 0 Å². The van der Waals surface area contributed by atoms with Gasteiger partial charge in [-0.05, 0) is 51.4 Å². The van der Waals surface area contributed by atoms with E-state index >= 15 is 0 Å². The Balaban J connectivity index is 1.90. The summed E-state index contributed by atoms with van der Waals surface area (Å²) in [6, 6.07) is 0. The van der Waals surface area contributed by atoms with Gasteiger partial charge in [-0.15, -0.1) is 0 Å². The van der Waals surface area contributed by atoms with Crippen LogP contribution in [0.4, 0.5) is 0 Å². The van der Waals surface area contributed by atoms with Gasteiger partial charge < -0.3 is 19.7 Å². The average Bonchev–Trinajstić information content (AvgIpc) is 2.80. The largest absolute Gasteiger partial charge is 0.459 e. The van der Waals surface area contributed by atoms with E-state index < -0.39 is 17.9 Å². The van der Waals surface area contributed by atoms with Gasteiger partial charge in [0.2, 0.25) is 0 Å². The van der Waals surface area contributed by atoms with Crippen molar-refractivity contribution in [3.8, 4) is 0 Å². The molecular formula is C20H28O6. The second-order valence-corrected chi connectivity index (χ2v) is 8.29. The number of rotatable bonds is 2. The van der Waals surface area contributed by atoms with Crippen molar-refractivity contribution in [2.75, 3.05) is 0 Å². The lowest BCUT2D eigenvalue weighted by Crippen LogP contribution is -2.61. The first-order valence-electron chi connectivity index (χ1n) is 9.22. The molecule has 6 atom stereocenters. The molecule has 1 heterocycles. The van der Waals surface area contributed by atoms with Gasteiger partial charge >= 0.3 is 11.9 Å². The summed E-state index contributed by atoms with van der Waals surface area (Å²) in [6.07, 6.45) is 1.71. The molecule has 0 aromatic rings. The number of aliphatic hydroxyl groups excluding tert-OH is 1. The van der Waals surface area contributed by atoms with Crippen molar-refractivity contribution in [3.63, 3.8) is 0 Å². The molecule has 2 fully saturated rings. The second-order valence-electron chi connectivity index (χ2n) is 8.29. The van der Waals surface area contributed by atoms with Crippen molar-refractivity contribution < 1.29 is 29.3 Å². The summed E-state index contributed by atoms with van der Waals surface area (Å²) in [4.78, 5) is 24.1. The van der Waals surface area contributed by atoms with E-state index in [0.717, 1.165) is 0 Å². The van der Waals surface area contributed by atoms with E-state index in [2.05, 4.69) is 13.8 Å². The van der Waals surface area contributed by atoms with Crippen LogP contribution in [-0.4, -0.2) is 40.1 Å². The summed E-state index contributed by atoms with van der Waals surface area (Å²) < 4.78 is 10.8. The lowest BCUT2D eigenvalue weighted by molar-refractivity contribution is -0.260. The number of fused-ring (bicyclic) bond motifs is 2. The molecule has 0 radical (unpaired) electrons. The Morgan fingerprint density at radius 1 is 1.38 bits per heavy atom. The Labute approximate surface area is 153 Å². The minimum absolute atomic E-state index is 0.139. The predicted octanol–water partition coefficient (Wildman–Crippen LogP) is 2.24. The molecule has 6 heteroatoms. The normalized spacial score (nSPS) is 42.9. The smallest absolute Gasteiger partial charge is 0.336 e. The zero-order valence-corrected chi connectivity index (χ0v) is 16.0. The van der Waals surface area contributed by atoms with E-state index in [-0.39, 0.29) is 29.3 Å². The topological polar surface area (TPSA) is 93.1 Å². The van der Waals surface area contributed by atoms with Gasteiger partial charge in [0.1, 0.15) is 12.2 Å². The van der Waals surface area contributed by atoms with E-state index in [0.29, 0.717) is 36.0 Å². The molecule has 3 rings (SSSR count). The summed E-state index contributed by atoms with van der Waals surface area (Å²) in [5.41, 5.74) is 1.10. The molecule has 0 aromatic carbocycles. The molecule has 1 aliphatic heterocycles.